The molecule has 0 unspecified atom stereocenters. The van der Waals surface area contributed by atoms with Gasteiger partial charge in [-0.3, -0.25) is 0 Å². The summed E-state index contributed by atoms with van der Waals surface area (Å²) in [5.41, 5.74) is -2.29. The molecule has 15 heteroatoms. The van der Waals surface area contributed by atoms with E-state index in [1.54, 1.807) is 6.07 Å². The Morgan fingerprint density at radius 1 is 1.13 bits per heavy atom. The van der Waals surface area contributed by atoms with E-state index in [4.69, 9.17) is 5.26 Å². The molecule has 0 radical (unpaired) electrons. The first kappa shape index (κ1) is 21.6. The van der Waals surface area contributed by atoms with Crippen LogP contribution in [0.15, 0.2) is 35.6 Å². The molecule has 0 spiro atoms. The highest BCUT2D eigenvalue weighted by Gasteiger charge is 2.34. The number of anilines is 2. The first-order valence-corrected chi connectivity index (χ1v) is 8.10. The number of rotatable bonds is 4. The number of hydrogen-bond donors (Lipinski definition) is 1. The van der Waals surface area contributed by atoms with Crippen LogP contribution < -0.4 is 5.32 Å². The maximum Gasteiger partial charge on any atom is 0.435 e. The van der Waals surface area contributed by atoms with Gasteiger partial charge in [0.2, 0.25) is 5.95 Å². The minimum absolute atomic E-state index is 0.0207. The Balaban J connectivity index is 2.07. The highest BCUT2D eigenvalue weighted by atomic mass is 19.4. The quantitative estimate of drug-likeness (QED) is 0.484. The molecule has 31 heavy (non-hydrogen) atoms. The topological polar surface area (TPSA) is 118 Å². The van der Waals surface area contributed by atoms with Crippen LogP contribution in [0, 0.1) is 11.3 Å². The molecule has 0 saturated heterocycles. The van der Waals surface area contributed by atoms with Gasteiger partial charge in [0.1, 0.15) is 17.5 Å². The largest absolute Gasteiger partial charge is 0.435 e. The Morgan fingerprint density at radius 3 is 2.48 bits per heavy atom. The molecular weight excluding hydrogens is 432 g/mol. The van der Waals surface area contributed by atoms with Crippen molar-refractivity contribution < 1.29 is 26.3 Å². The third-order valence-corrected chi connectivity index (χ3v) is 3.50. The van der Waals surface area contributed by atoms with Gasteiger partial charge < -0.3 is 5.32 Å². The lowest BCUT2D eigenvalue weighted by molar-refractivity contribution is -0.141. The molecule has 9 nitrogen and oxygen atoms in total. The standard InChI is InChI=1S/C16H9F6N9/c1-8(15(17,18)19)25-12-27-13(26-9-2-4-24-10(6-9)7-23)29-14(28-12)31-5-3-11(30-31)16(20,21)22/h2-6H,1H3,(H,24,26,27,28,29). The van der Waals surface area contributed by atoms with Crippen LogP contribution in [0.3, 0.4) is 0 Å². The number of hydrogen-bond acceptors (Lipinski definition) is 8. The molecule has 3 rings (SSSR count). The van der Waals surface area contributed by atoms with E-state index in [1.807, 2.05) is 0 Å². The molecule has 0 aromatic carbocycles. The van der Waals surface area contributed by atoms with E-state index < -0.39 is 35.7 Å². The van der Waals surface area contributed by atoms with Crippen molar-refractivity contribution in [2.75, 3.05) is 5.32 Å². The van der Waals surface area contributed by atoms with Gasteiger partial charge >= 0.3 is 12.4 Å². The lowest BCUT2D eigenvalue weighted by atomic mass is 10.3. The number of aliphatic imine (C=N–C) groups is 1. The minimum Gasteiger partial charge on any atom is -0.324 e. The molecule has 0 aliphatic heterocycles. The van der Waals surface area contributed by atoms with Crippen LogP contribution in [-0.4, -0.2) is 41.6 Å². The Kier molecular flexibility index (Phi) is 5.56. The SMILES string of the molecule is CC(=Nc1nc(Nc2ccnc(C#N)c2)nc(-n2ccc(C(F)(F)F)n2)n1)C(F)(F)F. The number of pyridine rings is 1. The van der Waals surface area contributed by atoms with Crippen LogP contribution in [-0.2, 0) is 6.18 Å². The highest BCUT2D eigenvalue weighted by molar-refractivity contribution is 5.89. The molecule has 0 atom stereocenters. The Bertz CT molecular complexity index is 1170. The monoisotopic (exact) mass is 441 g/mol. The van der Waals surface area contributed by atoms with E-state index in [0.29, 0.717) is 17.7 Å². The summed E-state index contributed by atoms with van der Waals surface area (Å²) in [5.74, 6) is -1.59. The van der Waals surface area contributed by atoms with Crippen LogP contribution in [0.4, 0.5) is 43.9 Å². The van der Waals surface area contributed by atoms with Crippen molar-refractivity contribution in [2.45, 2.75) is 19.3 Å². The number of nitrogens with one attached hydrogen (secondary N) is 1. The zero-order valence-electron chi connectivity index (χ0n) is 15.2. The zero-order chi connectivity index (χ0) is 22.8. The molecule has 0 saturated carbocycles. The van der Waals surface area contributed by atoms with Gasteiger partial charge in [-0.05, 0) is 25.1 Å². The average Bonchev–Trinajstić information content (AvgIpc) is 3.18. The average molecular weight is 441 g/mol. The summed E-state index contributed by atoms with van der Waals surface area (Å²) < 4.78 is 77.5. The Hall–Kier alpha value is -4.09. The second-order valence-corrected chi connectivity index (χ2v) is 5.76. The lowest BCUT2D eigenvalue weighted by Gasteiger charge is -2.09. The minimum atomic E-state index is -4.78. The molecule has 0 amide bonds. The highest BCUT2D eigenvalue weighted by Crippen LogP contribution is 2.28. The van der Waals surface area contributed by atoms with Crippen LogP contribution in [0.25, 0.3) is 5.95 Å². The maximum atomic E-state index is 12.8. The number of nitrogens with zero attached hydrogens (tertiary/aromatic N) is 8. The van der Waals surface area contributed by atoms with E-state index in [-0.39, 0.29) is 17.3 Å². The lowest BCUT2D eigenvalue weighted by Crippen LogP contribution is -2.19. The van der Waals surface area contributed by atoms with Gasteiger partial charge in [-0.25, -0.2) is 14.7 Å². The fourth-order valence-corrected chi connectivity index (χ4v) is 2.06. The van der Waals surface area contributed by atoms with Gasteiger partial charge in [0.25, 0.3) is 11.9 Å². The van der Waals surface area contributed by atoms with Gasteiger partial charge in [0.05, 0.1) is 0 Å². The predicted molar refractivity (Wildman–Crippen MR) is 93.0 cm³/mol. The number of nitriles is 1. The van der Waals surface area contributed by atoms with Crippen molar-refractivity contribution in [2.24, 2.45) is 4.99 Å². The molecule has 0 aliphatic rings. The molecule has 1 N–H and O–H groups in total. The summed E-state index contributed by atoms with van der Waals surface area (Å²) in [6.45, 7) is 0.675. The molecule has 0 fully saturated rings. The summed E-state index contributed by atoms with van der Waals surface area (Å²) >= 11 is 0. The third kappa shape index (κ3) is 5.29. The number of alkyl halides is 6. The summed E-state index contributed by atoms with van der Waals surface area (Å²) in [5, 5.41) is 14.8. The molecule has 0 aliphatic carbocycles. The number of aromatic nitrogens is 6. The predicted octanol–water partition coefficient (Wildman–Crippen LogP) is 3.74. The Morgan fingerprint density at radius 2 is 1.87 bits per heavy atom. The second kappa shape index (κ2) is 7.97. The smallest absolute Gasteiger partial charge is 0.324 e. The molecule has 160 valence electrons. The van der Waals surface area contributed by atoms with Gasteiger partial charge in [-0.15, -0.1) is 0 Å². The van der Waals surface area contributed by atoms with Crippen molar-refractivity contribution >= 4 is 23.3 Å². The summed E-state index contributed by atoms with van der Waals surface area (Å²) in [6.07, 6.45) is -7.37. The van der Waals surface area contributed by atoms with Crippen LogP contribution in [0.5, 0.6) is 0 Å². The second-order valence-electron chi connectivity index (χ2n) is 5.76. The first-order chi connectivity index (χ1) is 14.5. The van der Waals surface area contributed by atoms with E-state index in [2.05, 4.69) is 35.3 Å². The summed E-state index contributed by atoms with van der Waals surface area (Å²) in [6, 6.07) is 5.13. The normalized spacial score (nSPS) is 12.5. The van der Waals surface area contributed by atoms with Crippen LogP contribution in [0.1, 0.15) is 18.3 Å². The van der Waals surface area contributed by atoms with Crippen molar-refractivity contribution in [1.29, 1.82) is 5.26 Å². The third-order valence-electron chi connectivity index (χ3n) is 3.50. The van der Waals surface area contributed by atoms with Gasteiger partial charge in [-0.1, -0.05) is 0 Å². The molecule has 3 heterocycles. The van der Waals surface area contributed by atoms with Crippen molar-refractivity contribution in [1.82, 2.24) is 29.7 Å². The zero-order valence-corrected chi connectivity index (χ0v) is 15.2. The molecule has 0 bridgehead atoms. The van der Waals surface area contributed by atoms with Crippen molar-refractivity contribution in [3.8, 4) is 12.0 Å². The first-order valence-electron chi connectivity index (χ1n) is 8.10. The van der Waals surface area contributed by atoms with E-state index in [9.17, 15) is 26.3 Å². The van der Waals surface area contributed by atoms with Crippen molar-refractivity contribution in [3.63, 3.8) is 0 Å². The van der Waals surface area contributed by atoms with Gasteiger partial charge in [0, 0.05) is 18.1 Å². The van der Waals surface area contributed by atoms with Crippen LogP contribution in [0.2, 0.25) is 0 Å². The molecule has 3 aromatic heterocycles. The van der Waals surface area contributed by atoms with Gasteiger partial charge in [-0.2, -0.15) is 51.7 Å². The van der Waals surface area contributed by atoms with E-state index in [0.717, 1.165) is 6.20 Å². The number of halogens is 6. The Labute approximate surface area is 169 Å². The van der Waals surface area contributed by atoms with Crippen LogP contribution >= 0.6 is 0 Å². The van der Waals surface area contributed by atoms with E-state index >= 15 is 0 Å². The molecule has 3 aromatic rings. The maximum absolute atomic E-state index is 12.8. The fourth-order valence-electron chi connectivity index (χ4n) is 2.06. The summed E-state index contributed by atoms with van der Waals surface area (Å²) in [4.78, 5) is 18.3. The van der Waals surface area contributed by atoms with Crippen molar-refractivity contribution in [3.05, 3.63) is 42.0 Å². The fraction of sp³-hybridized carbons (Fsp3) is 0.188. The molecular formula is C16H9F6N9. The van der Waals surface area contributed by atoms with E-state index in [1.165, 1.54) is 18.3 Å². The summed E-state index contributed by atoms with van der Waals surface area (Å²) in [7, 11) is 0. The van der Waals surface area contributed by atoms with Gasteiger partial charge in [0.15, 0.2) is 5.69 Å².